The number of nitro benzene ring substituents is 1. The molecule has 5 nitrogen and oxygen atoms in total. The van der Waals surface area contributed by atoms with Crippen molar-refractivity contribution in [2.75, 3.05) is 18.0 Å². The van der Waals surface area contributed by atoms with Crippen LogP contribution in [0.15, 0.2) is 22.7 Å². The van der Waals surface area contributed by atoms with E-state index in [1.807, 2.05) is 11.0 Å². The third-order valence-electron chi connectivity index (χ3n) is 4.29. The summed E-state index contributed by atoms with van der Waals surface area (Å²) >= 11 is 3.27. The summed E-state index contributed by atoms with van der Waals surface area (Å²) in [5, 5.41) is 21.1. The van der Waals surface area contributed by atoms with Crippen LogP contribution in [-0.2, 0) is 0 Å². The largest absolute Gasteiger partial charge is 0.393 e. The van der Waals surface area contributed by atoms with Gasteiger partial charge in [0.05, 0.1) is 11.0 Å². The van der Waals surface area contributed by atoms with Crippen LogP contribution in [0.4, 0.5) is 11.4 Å². The molecule has 3 rings (SSSR count). The van der Waals surface area contributed by atoms with Gasteiger partial charge in [-0.2, -0.15) is 0 Å². The first-order chi connectivity index (χ1) is 9.06. The number of nitro groups is 1. The van der Waals surface area contributed by atoms with Gasteiger partial charge in [0.2, 0.25) is 0 Å². The van der Waals surface area contributed by atoms with Crippen LogP contribution in [0.3, 0.4) is 0 Å². The van der Waals surface area contributed by atoms with Crippen molar-refractivity contribution >= 4 is 27.3 Å². The Morgan fingerprint density at radius 3 is 2.84 bits per heavy atom. The molecule has 1 heterocycles. The molecule has 0 bridgehead atoms. The van der Waals surface area contributed by atoms with Crippen LogP contribution in [0.2, 0.25) is 0 Å². The number of hydrogen-bond acceptors (Lipinski definition) is 4. The highest BCUT2D eigenvalue weighted by atomic mass is 79.9. The van der Waals surface area contributed by atoms with Crippen molar-refractivity contribution in [2.24, 2.45) is 11.8 Å². The molecule has 1 aliphatic carbocycles. The third kappa shape index (κ3) is 2.23. The summed E-state index contributed by atoms with van der Waals surface area (Å²) in [6, 6.07) is 5.16. The quantitative estimate of drug-likeness (QED) is 0.670. The fourth-order valence-corrected chi connectivity index (χ4v) is 3.69. The molecule has 1 saturated heterocycles. The predicted molar refractivity (Wildman–Crippen MR) is 75.2 cm³/mol. The average Bonchev–Trinajstić information content (AvgIpc) is 2.92. The molecular formula is C13H15BrN2O3. The van der Waals surface area contributed by atoms with Crippen LogP contribution in [-0.4, -0.2) is 29.2 Å². The summed E-state index contributed by atoms with van der Waals surface area (Å²) in [5.41, 5.74) is 0.790. The van der Waals surface area contributed by atoms with Crippen molar-refractivity contribution in [3.63, 3.8) is 0 Å². The van der Waals surface area contributed by atoms with E-state index in [4.69, 9.17) is 0 Å². The lowest BCUT2D eigenvalue weighted by Crippen LogP contribution is -2.25. The van der Waals surface area contributed by atoms with Gasteiger partial charge in [0, 0.05) is 29.5 Å². The fraction of sp³-hybridized carbons (Fsp3) is 0.538. The van der Waals surface area contributed by atoms with Gasteiger partial charge in [-0.15, -0.1) is 0 Å². The first kappa shape index (κ1) is 12.9. The highest BCUT2D eigenvalue weighted by Gasteiger charge is 2.43. The van der Waals surface area contributed by atoms with Crippen LogP contribution in [0.1, 0.15) is 12.8 Å². The lowest BCUT2D eigenvalue weighted by Gasteiger charge is -2.20. The summed E-state index contributed by atoms with van der Waals surface area (Å²) in [6.45, 7) is 1.53. The van der Waals surface area contributed by atoms with Crippen molar-refractivity contribution in [3.8, 4) is 0 Å². The minimum absolute atomic E-state index is 0.129. The monoisotopic (exact) mass is 326 g/mol. The molecule has 0 spiro atoms. The van der Waals surface area contributed by atoms with Gasteiger partial charge < -0.3 is 10.0 Å². The van der Waals surface area contributed by atoms with Crippen molar-refractivity contribution in [3.05, 3.63) is 32.8 Å². The van der Waals surface area contributed by atoms with Gasteiger partial charge in [0.25, 0.3) is 5.69 Å². The molecule has 2 fully saturated rings. The molecule has 1 N–H and O–H groups in total. The first-order valence-corrected chi connectivity index (χ1v) is 7.22. The Labute approximate surface area is 119 Å². The molecule has 1 saturated carbocycles. The van der Waals surface area contributed by atoms with Gasteiger partial charge in [-0.3, -0.25) is 10.1 Å². The number of aliphatic hydroxyl groups excluding tert-OH is 1. The Bertz CT molecular complexity index is 523. The Morgan fingerprint density at radius 1 is 1.37 bits per heavy atom. The second-order valence-electron chi connectivity index (χ2n) is 5.36. The SMILES string of the molecule is O=[N+]([O-])c1cc(Br)ccc1N1CC2CCC(O)C2C1. The lowest BCUT2D eigenvalue weighted by atomic mass is 10.00. The van der Waals surface area contributed by atoms with E-state index < -0.39 is 0 Å². The maximum atomic E-state index is 11.2. The minimum Gasteiger partial charge on any atom is -0.393 e. The second-order valence-corrected chi connectivity index (χ2v) is 6.28. The molecule has 1 aromatic rings. The summed E-state index contributed by atoms with van der Waals surface area (Å²) in [4.78, 5) is 12.9. The zero-order chi connectivity index (χ0) is 13.6. The second kappa shape index (κ2) is 4.76. The van der Waals surface area contributed by atoms with Gasteiger partial charge in [-0.05, 0) is 30.9 Å². The molecule has 0 amide bonds. The van der Waals surface area contributed by atoms with E-state index in [1.54, 1.807) is 12.1 Å². The van der Waals surface area contributed by atoms with Crippen molar-refractivity contribution in [2.45, 2.75) is 18.9 Å². The van der Waals surface area contributed by atoms with E-state index in [1.165, 1.54) is 0 Å². The molecule has 1 aromatic carbocycles. The summed E-state index contributed by atoms with van der Waals surface area (Å²) < 4.78 is 0.711. The Kier molecular flexibility index (Phi) is 3.22. The smallest absolute Gasteiger partial charge is 0.293 e. The maximum Gasteiger partial charge on any atom is 0.293 e. The molecular weight excluding hydrogens is 312 g/mol. The molecule has 0 aromatic heterocycles. The van der Waals surface area contributed by atoms with Gasteiger partial charge in [-0.25, -0.2) is 0 Å². The van der Waals surface area contributed by atoms with Crippen LogP contribution in [0.5, 0.6) is 0 Å². The van der Waals surface area contributed by atoms with Crippen molar-refractivity contribution < 1.29 is 10.0 Å². The molecule has 3 unspecified atom stereocenters. The zero-order valence-corrected chi connectivity index (χ0v) is 11.9. The number of aliphatic hydroxyl groups is 1. The highest BCUT2D eigenvalue weighted by Crippen LogP contribution is 2.42. The fourth-order valence-electron chi connectivity index (χ4n) is 3.34. The maximum absolute atomic E-state index is 11.2. The molecule has 0 radical (unpaired) electrons. The van der Waals surface area contributed by atoms with E-state index in [-0.39, 0.29) is 22.6 Å². The predicted octanol–water partition coefficient (Wildman–Crippen LogP) is 2.56. The molecule has 1 aliphatic heterocycles. The third-order valence-corrected chi connectivity index (χ3v) is 4.79. The topological polar surface area (TPSA) is 66.6 Å². The van der Waals surface area contributed by atoms with Crippen LogP contribution >= 0.6 is 15.9 Å². The number of rotatable bonds is 2. The molecule has 6 heteroatoms. The van der Waals surface area contributed by atoms with Crippen molar-refractivity contribution in [1.82, 2.24) is 0 Å². The van der Waals surface area contributed by atoms with E-state index >= 15 is 0 Å². The Balaban J connectivity index is 1.90. The Hall–Kier alpha value is -1.14. The van der Waals surface area contributed by atoms with E-state index in [9.17, 15) is 15.2 Å². The van der Waals surface area contributed by atoms with Crippen LogP contribution in [0, 0.1) is 22.0 Å². The van der Waals surface area contributed by atoms with Gasteiger partial charge in [0.15, 0.2) is 0 Å². The van der Waals surface area contributed by atoms with E-state index in [2.05, 4.69) is 15.9 Å². The number of fused-ring (bicyclic) bond motifs is 1. The lowest BCUT2D eigenvalue weighted by molar-refractivity contribution is -0.384. The number of hydrogen-bond donors (Lipinski definition) is 1. The average molecular weight is 327 g/mol. The van der Waals surface area contributed by atoms with E-state index in [0.29, 0.717) is 22.6 Å². The molecule has 2 aliphatic rings. The molecule has 19 heavy (non-hydrogen) atoms. The summed E-state index contributed by atoms with van der Waals surface area (Å²) in [7, 11) is 0. The Morgan fingerprint density at radius 2 is 2.16 bits per heavy atom. The number of halogens is 1. The first-order valence-electron chi connectivity index (χ1n) is 6.43. The zero-order valence-electron chi connectivity index (χ0n) is 10.3. The van der Waals surface area contributed by atoms with E-state index in [0.717, 1.165) is 19.4 Å². The van der Waals surface area contributed by atoms with Gasteiger partial charge in [0.1, 0.15) is 5.69 Å². The number of benzene rings is 1. The van der Waals surface area contributed by atoms with Gasteiger partial charge >= 0.3 is 0 Å². The van der Waals surface area contributed by atoms with Crippen LogP contribution < -0.4 is 4.90 Å². The van der Waals surface area contributed by atoms with Crippen LogP contribution in [0.25, 0.3) is 0 Å². The molecule has 102 valence electrons. The standard InChI is InChI=1S/C13H15BrN2O3/c14-9-2-3-11(12(5-9)16(18)19)15-6-8-1-4-13(17)10(8)7-15/h2-3,5,8,10,13,17H,1,4,6-7H2. The molecule has 3 atom stereocenters. The normalized spacial score (nSPS) is 29.6. The number of nitrogens with zero attached hydrogens (tertiary/aromatic N) is 2. The van der Waals surface area contributed by atoms with Crippen molar-refractivity contribution in [1.29, 1.82) is 0 Å². The number of anilines is 1. The highest BCUT2D eigenvalue weighted by molar-refractivity contribution is 9.10. The summed E-state index contributed by atoms with van der Waals surface area (Å²) in [6.07, 6.45) is 1.64. The minimum atomic E-state index is -0.343. The van der Waals surface area contributed by atoms with Gasteiger partial charge in [-0.1, -0.05) is 15.9 Å². The summed E-state index contributed by atoms with van der Waals surface area (Å²) in [5.74, 6) is 0.738.